The number of nitrogens with zero attached hydrogens (tertiary/aromatic N) is 3. The molecule has 2 heterocycles. The second-order valence-electron chi connectivity index (χ2n) is 9.58. The van der Waals surface area contributed by atoms with Crippen molar-refractivity contribution in [2.45, 2.75) is 50.5 Å². The van der Waals surface area contributed by atoms with Crippen molar-refractivity contribution in [3.05, 3.63) is 65.1 Å². The van der Waals surface area contributed by atoms with Gasteiger partial charge in [-0.3, -0.25) is 4.68 Å². The monoisotopic (exact) mass is 421 g/mol. The van der Waals surface area contributed by atoms with Crippen LogP contribution in [0.1, 0.15) is 48.4 Å². The van der Waals surface area contributed by atoms with Gasteiger partial charge in [-0.15, -0.1) is 0 Å². The maximum atomic E-state index is 13.5. The molecule has 5 heteroatoms. The molecule has 0 bridgehead atoms. The Morgan fingerprint density at radius 1 is 1.13 bits per heavy atom. The molecule has 0 atom stereocenters. The summed E-state index contributed by atoms with van der Waals surface area (Å²) in [7, 11) is 2.17. The minimum atomic E-state index is -0.177. The number of likely N-dealkylation sites (tertiary alicyclic amines) is 1. The molecule has 0 N–H and O–H groups in total. The van der Waals surface area contributed by atoms with E-state index in [0.29, 0.717) is 19.3 Å². The Bertz CT molecular complexity index is 1050. The van der Waals surface area contributed by atoms with E-state index >= 15 is 0 Å². The average molecular weight is 422 g/mol. The lowest BCUT2D eigenvalue weighted by atomic mass is 9.73. The van der Waals surface area contributed by atoms with E-state index in [0.717, 1.165) is 32.4 Å². The van der Waals surface area contributed by atoms with Gasteiger partial charge in [0, 0.05) is 10.8 Å². The number of benzene rings is 2. The zero-order valence-corrected chi connectivity index (χ0v) is 18.6. The number of aryl methyl sites for hydroxylation is 1. The number of rotatable bonds is 7. The molecule has 164 valence electrons. The van der Waals surface area contributed by atoms with Gasteiger partial charge in [-0.1, -0.05) is 23.8 Å². The summed E-state index contributed by atoms with van der Waals surface area (Å²) < 4.78 is 22.1. The fourth-order valence-corrected chi connectivity index (χ4v) is 5.05. The van der Waals surface area contributed by atoms with E-state index in [1.165, 1.54) is 40.4 Å². The number of piperidine rings is 1. The Hall–Kier alpha value is -2.24. The van der Waals surface area contributed by atoms with E-state index in [2.05, 4.69) is 40.8 Å². The van der Waals surface area contributed by atoms with Crippen molar-refractivity contribution in [2.75, 3.05) is 33.4 Å². The summed E-state index contributed by atoms with van der Waals surface area (Å²) in [4.78, 5) is 2.37. The molecule has 1 saturated carbocycles. The van der Waals surface area contributed by atoms with Crippen molar-refractivity contribution in [1.82, 2.24) is 14.7 Å². The molecular formula is C26H32FN3O. The van der Waals surface area contributed by atoms with Gasteiger partial charge in [0.15, 0.2) is 0 Å². The first kappa shape index (κ1) is 20.7. The highest BCUT2D eigenvalue weighted by Crippen LogP contribution is 2.38. The number of fused-ring (bicyclic) bond motifs is 1. The number of hydrogen-bond donors (Lipinski definition) is 0. The summed E-state index contributed by atoms with van der Waals surface area (Å²) in [6.45, 7) is 5.61. The van der Waals surface area contributed by atoms with Crippen LogP contribution >= 0.6 is 0 Å². The van der Waals surface area contributed by atoms with Crippen LogP contribution in [0.4, 0.5) is 4.39 Å². The Morgan fingerprint density at radius 2 is 1.87 bits per heavy atom. The number of halogens is 1. The molecule has 2 fully saturated rings. The fourth-order valence-electron chi connectivity index (χ4n) is 5.05. The topological polar surface area (TPSA) is 30.3 Å². The third-order valence-electron chi connectivity index (χ3n) is 7.10. The van der Waals surface area contributed by atoms with Gasteiger partial charge in [0.2, 0.25) is 0 Å². The zero-order chi connectivity index (χ0) is 21.4. The Balaban J connectivity index is 1.30. The molecule has 0 spiro atoms. The molecule has 31 heavy (non-hydrogen) atoms. The number of ether oxygens (including phenoxy) is 1. The number of aromatic nitrogens is 2. The molecule has 5 rings (SSSR count). The predicted molar refractivity (Wildman–Crippen MR) is 122 cm³/mol. The molecule has 0 radical (unpaired) electrons. The van der Waals surface area contributed by atoms with Crippen molar-refractivity contribution in [1.29, 1.82) is 0 Å². The molecule has 2 aromatic carbocycles. The van der Waals surface area contributed by atoms with Gasteiger partial charge in [-0.05, 0) is 88.5 Å². The van der Waals surface area contributed by atoms with E-state index in [-0.39, 0.29) is 11.2 Å². The summed E-state index contributed by atoms with van der Waals surface area (Å²) in [5, 5.41) is 5.90. The van der Waals surface area contributed by atoms with Crippen molar-refractivity contribution < 1.29 is 9.13 Å². The maximum Gasteiger partial charge on any atom is 0.123 e. The van der Waals surface area contributed by atoms with Crippen molar-refractivity contribution in [3.8, 4) is 0 Å². The molecule has 1 saturated heterocycles. The van der Waals surface area contributed by atoms with Gasteiger partial charge < -0.3 is 9.64 Å². The van der Waals surface area contributed by atoms with Gasteiger partial charge in [0.25, 0.3) is 0 Å². The second-order valence-corrected chi connectivity index (χ2v) is 9.58. The standard InChI is InChI=1S/C26H32FN3O/c1-19-15-20(25-21(16-19)17-28-30(25)24-7-8-24)9-14-31-18-26(10-12-29(2)13-11-26)22-3-5-23(27)6-4-22/h3-6,15-17,24H,7-14,18H2,1-2H3. The minimum Gasteiger partial charge on any atom is -0.380 e. The smallest absolute Gasteiger partial charge is 0.123 e. The van der Waals surface area contributed by atoms with E-state index < -0.39 is 0 Å². The summed E-state index contributed by atoms with van der Waals surface area (Å²) >= 11 is 0. The van der Waals surface area contributed by atoms with Crippen LogP contribution < -0.4 is 0 Å². The number of hydrogen-bond acceptors (Lipinski definition) is 3. The molecule has 1 aromatic heterocycles. The Labute approximate surface area is 184 Å². The van der Waals surface area contributed by atoms with Crippen LogP contribution in [-0.4, -0.2) is 48.0 Å². The van der Waals surface area contributed by atoms with E-state index in [9.17, 15) is 4.39 Å². The molecule has 1 aliphatic carbocycles. The van der Waals surface area contributed by atoms with Crippen LogP contribution in [0.25, 0.3) is 10.9 Å². The molecule has 0 unspecified atom stereocenters. The quantitative estimate of drug-likeness (QED) is 0.501. The Kier molecular flexibility index (Phi) is 5.57. The highest BCUT2D eigenvalue weighted by atomic mass is 19.1. The lowest BCUT2D eigenvalue weighted by molar-refractivity contribution is 0.0513. The maximum absolute atomic E-state index is 13.5. The highest BCUT2D eigenvalue weighted by molar-refractivity contribution is 5.83. The first-order chi connectivity index (χ1) is 15.0. The second kappa shape index (κ2) is 8.36. The Morgan fingerprint density at radius 3 is 2.58 bits per heavy atom. The lowest BCUT2D eigenvalue weighted by Gasteiger charge is -2.41. The summed E-state index contributed by atoms with van der Waals surface area (Å²) in [6.07, 6.45) is 7.43. The van der Waals surface area contributed by atoms with Crippen molar-refractivity contribution >= 4 is 10.9 Å². The minimum absolute atomic E-state index is 0.0298. The molecule has 0 amide bonds. The molecule has 3 aromatic rings. The summed E-state index contributed by atoms with van der Waals surface area (Å²) in [5.41, 5.74) is 5.06. The normalized spacial score (nSPS) is 19.2. The molecule has 2 aliphatic rings. The SMILES string of the molecule is Cc1cc(CCOCC2(c3ccc(F)cc3)CCN(C)CC2)c2c(cnn2C2CC2)c1. The first-order valence-electron chi connectivity index (χ1n) is 11.5. The molecular weight excluding hydrogens is 389 g/mol. The van der Waals surface area contributed by atoms with Crippen LogP contribution in [-0.2, 0) is 16.6 Å². The van der Waals surface area contributed by atoms with E-state index in [1.54, 1.807) is 12.1 Å². The van der Waals surface area contributed by atoms with Crippen LogP contribution in [0.15, 0.2) is 42.6 Å². The van der Waals surface area contributed by atoms with Gasteiger partial charge in [0.1, 0.15) is 5.82 Å². The van der Waals surface area contributed by atoms with E-state index in [1.807, 2.05) is 18.3 Å². The van der Waals surface area contributed by atoms with Crippen LogP contribution in [0, 0.1) is 12.7 Å². The highest BCUT2D eigenvalue weighted by Gasteiger charge is 2.36. The van der Waals surface area contributed by atoms with Crippen LogP contribution in [0.3, 0.4) is 0 Å². The van der Waals surface area contributed by atoms with E-state index in [4.69, 9.17) is 4.74 Å². The lowest BCUT2D eigenvalue weighted by Crippen LogP contribution is -2.44. The van der Waals surface area contributed by atoms with Crippen molar-refractivity contribution in [3.63, 3.8) is 0 Å². The van der Waals surface area contributed by atoms with Crippen molar-refractivity contribution in [2.24, 2.45) is 0 Å². The first-order valence-corrected chi connectivity index (χ1v) is 11.5. The third kappa shape index (κ3) is 4.26. The fraction of sp³-hybridized carbons (Fsp3) is 0.500. The largest absolute Gasteiger partial charge is 0.380 e. The zero-order valence-electron chi connectivity index (χ0n) is 18.6. The van der Waals surface area contributed by atoms with Crippen LogP contribution in [0.5, 0.6) is 0 Å². The average Bonchev–Trinajstić information content (AvgIpc) is 3.52. The predicted octanol–water partition coefficient (Wildman–Crippen LogP) is 5.04. The molecule has 4 nitrogen and oxygen atoms in total. The summed E-state index contributed by atoms with van der Waals surface area (Å²) in [6, 6.07) is 12.1. The van der Waals surface area contributed by atoms with Gasteiger partial charge in [-0.2, -0.15) is 5.10 Å². The third-order valence-corrected chi connectivity index (χ3v) is 7.10. The van der Waals surface area contributed by atoms with Gasteiger partial charge in [0.05, 0.1) is 31.0 Å². The molecule has 1 aliphatic heterocycles. The van der Waals surface area contributed by atoms with Gasteiger partial charge >= 0.3 is 0 Å². The summed E-state index contributed by atoms with van der Waals surface area (Å²) in [5.74, 6) is -0.177. The van der Waals surface area contributed by atoms with Crippen LogP contribution in [0.2, 0.25) is 0 Å². The van der Waals surface area contributed by atoms with Gasteiger partial charge in [-0.25, -0.2) is 4.39 Å².